The molecule has 4 heterocycles. The highest BCUT2D eigenvalue weighted by atomic mass is 32.1. The summed E-state index contributed by atoms with van der Waals surface area (Å²) < 4.78 is 63.3. The molecule has 2 aromatic rings. The van der Waals surface area contributed by atoms with Crippen LogP contribution in [0.5, 0.6) is 5.75 Å². The number of amidine groups is 1. The van der Waals surface area contributed by atoms with Crippen LogP contribution in [0, 0.1) is 5.92 Å². The fourth-order valence-corrected chi connectivity index (χ4v) is 5.85. The van der Waals surface area contributed by atoms with Gasteiger partial charge in [-0.15, -0.1) is 24.5 Å². The number of aromatic carboxylic acids is 1. The van der Waals surface area contributed by atoms with Crippen LogP contribution in [0.25, 0.3) is 0 Å². The molecule has 3 aliphatic rings. The lowest BCUT2D eigenvalue weighted by atomic mass is 9.85. The molecular weight excluding hydrogens is 586 g/mol. The van der Waals surface area contributed by atoms with Crippen molar-refractivity contribution < 1.29 is 46.5 Å². The number of nitrogens with zero attached hydrogens (tertiary/aromatic N) is 4. The van der Waals surface area contributed by atoms with Gasteiger partial charge in [0, 0.05) is 61.5 Å². The average molecular weight is 612 g/mol. The van der Waals surface area contributed by atoms with E-state index in [-0.39, 0.29) is 51.4 Å². The summed E-state index contributed by atoms with van der Waals surface area (Å²) in [4.78, 5) is 49.1. The topological polar surface area (TPSA) is 134 Å². The van der Waals surface area contributed by atoms with Crippen LogP contribution in [0.2, 0.25) is 0 Å². The zero-order valence-electron chi connectivity index (χ0n) is 22.1. The maximum Gasteiger partial charge on any atom is 0.573 e. The summed E-state index contributed by atoms with van der Waals surface area (Å²) in [6, 6.07) is 2.74. The number of likely N-dealkylation sites (tertiary alicyclic amines) is 1. The van der Waals surface area contributed by atoms with Crippen molar-refractivity contribution in [3.63, 3.8) is 0 Å². The first kappa shape index (κ1) is 29.4. The molecule has 3 aliphatic heterocycles. The second-order valence-corrected chi connectivity index (χ2v) is 10.7. The largest absolute Gasteiger partial charge is 0.573 e. The third-order valence-corrected chi connectivity index (χ3v) is 8.00. The number of carboxylic acids is 1. The highest BCUT2D eigenvalue weighted by Gasteiger charge is 2.57. The number of rotatable bonds is 8. The number of halogens is 4. The lowest BCUT2D eigenvalue weighted by molar-refractivity contribution is -0.274. The molecule has 2 N–H and O–H groups in total. The standard InChI is InChI=1S/C26H25F4N5O6S/c1-2-40-23(38)17-10-32-20(21-31-6-8-42-21)33-18(17)13-34-7-5-25(27)14(11-34)12-35(24(25)39)15-3-4-19(41-26(28,29)30)16(9-15)22(36)37/h3-4,6,8-9,14H,2,5,7,10-13H2,1H3,(H,32,33)(H,36,37). The Hall–Kier alpha value is -4.05. The molecule has 1 aromatic heterocycles. The number of piperidine rings is 1. The fraction of sp³-hybridized carbons (Fsp3) is 0.423. The maximum atomic E-state index is 16.1. The molecule has 0 aliphatic carbocycles. The van der Waals surface area contributed by atoms with Crippen molar-refractivity contribution in [2.75, 3.05) is 44.2 Å². The van der Waals surface area contributed by atoms with E-state index in [4.69, 9.17) is 4.74 Å². The van der Waals surface area contributed by atoms with Gasteiger partial charge < -0.3 is 24.8 Å². The molecule has 1 aromatic carbocycles. The van der Waals surface area contributed by atoms with Gasteiger partial charge in [0.05, 0.1) is 18.7 Å². The van der Waals surface area contributed by atoms with Gasteiger partial charge in [0.25, 0.3) is 5.91 Å². The Bertz CT molecular complexity index is 1460. The molecule has 1 amide bonds. The second-order valence-electron chi connectivity index (χ2n) is 9.80. The molecule has 2 atom stereocenters. The Morgan fingerprint density at radius 3 is 2.74 bits per heavy atom. The quantitative estimate of drug-likeness (QED) is 0.341. The fourth-order valence-electron chi connectivity index (χ4n) is 5.25. The Kier molecular flexibility index (Phi) is 7.94. The number of hydrogen-bond donors (Lipinski definition) is 2. The monoisotopic (exact) mass is 611 g/mol. The first-order valence-electron chi connectivity index (χ1n) is 12.9. The number of carbonyl (C=O) groups is 3. The molecule has 0 bridgehead atoms. The molecule has 0 saturated carbocycles. The number of thiazole rings is 1. The summed E-state index contributed by atoms with van der Waals surface area (Å²) >= 11 is 1.36. The van der Waals surface area contributed by atoms with Gasteiger partial charge in [-0.1, -0.05) is 0 Å². The number of aliphatic imine (C=N–C) groups is 1. The summed E-state index contributed by atoms with van der Waals surface area (Å²) in [7, 11) is 0. The van der Waals surface area contributed by atoms with Crippen LogP contribution >= 0.6 is 11.3 Å². The van der Waals surface area contributed by atoms with Gasteiger partial charge >= 0.3 is 18.3 Å². The Morgan fingerprint density at radius 1 is 1.29 bits per heavy atom. The molecule has 2 unspecified atom stereocenters. The normalized spacial score (nSPS) is 22.9. The predicted octanol–water partition coefficient (Wildman–Crippen LogP) is 2.98. The van der Waals surface area contributed by atoms with Gasteiger partial charge in [-0.2, -0.15) is 0 Å². The van der Waals surface area contributed by atoms with Crippen LogP contribution in [-0.4, -0.2) is 90.0 Å². The molecular formula is C26H25F4N5O6S. The minimum atomic E-state index is -5.13. The van der Waals surface area contributed by atoms with E-state index in [1.165, 1.54) is 11.3 Å². The van der Waals surface area contributed by atoms with E-state index in [2.05, 4.69) is 20.0 Å². The number of benzene rings is 1. The highest BCUT2D eigenvalue weighted by Crippen LogP contribution is 2.42. The number of fused-ring (bicyclic) bond motifs is 1. The van der Waals surface area contributed by atoms with Crippen LogP contribution in [0.1, 0.15) is 28.7 Å². The van der Waals surface area contributed by atoms with Crippen LogP contribution < -0.4 is 15.0 Å². The van der Waals surface area contributed by atoms with Crippen molar-refractivity contribution in [3.8, 4) is 5.75 Å². The molecule has 5 rings (SSSR count). The molecule has 11 nitrogen and oxygen atoms in total. The summed E-state index contributed by atoms with van der Waals surface area (Å²) in [5, 5.41) is 15.0. The first-order chi connectivity index (χ1) is 19.9. The van der Waals surface area contributed by atoms with E-state index < -0.39 is 47.1 Å². The average Bonchev–Trinajstić information content (AvgIpc) is 3.55. The third kappa shape index (κ3) is 5.81. The van der Waals surface area contributed by atoms with E-state index in [0.29, 0.717) is 22.1 Å². The Labute approximate surface area is 240 Å². The molecule has 2 saturated heterocycles. The minimum Gasteiger partial charge on any atom is -0.478 e. The number of hydrogen-bond acceptors (Lipinski definition) is 10. The van der Waals surface area contributed by atoms with E-state index in [1.807, 2.05) is 4.90 Å². The zero-order chi connectivity index (χ0) is 30.2. The first-order valence-corrected chi connectivity index (χ1v) is 13.7. The third-order valence-electron chi connectivity index (χ3n) is 7.22. The minimum absolute atomic E-state index is 0.0598. The van der Waals surface area contributed by atoms with Crippen molar-refractivity contribution >= 4 is 40.7 Å². The van der Waals surface area contributed by atoms with E-state index in [9.17, 15) is 32.7 Å². The molecule has 224 valence electrons. The molecule has 0 spiro atoms. The Morgan fingerprint density at radius 2 is 2.07 bits per heavy atom. The Balaban J connectivity index is 1.35. The lowest BCUT2D eigenvalue weighted by Crippen LogP contribution is -2.52. The highest BCUT2D eigenvalue weighted by molar-refractivity contribution is 7.11. The number of ether oxygens (including phenoxy) is 2. The number of carbonyl (C=O) groups excluding carboxylic acids is 2. The van der Waals surface area contributed by atoms with Crippen molar-refractivity contribution in [2.24, 2.45) is 10.9 Å². The second kappa shape index (κ2) is 11.3. The number of esters is 1. The predicted molar refractivity (Wildman–Crippen MR) is 141 cm³/mol. The van der Waals surface area contributed by atoms with Crippen molar-refractivity contribution in [1.29, 1.82) is 0 Å². The lowest BCUT2D eigenvalue weighted by Gasteiger charge is -2.37. The van der Waals surface area contributed by atoms with Crippen LogP contribution in [0.3, 0.4) is 0 Å². The summed E-state index contributed by atoms with van der Waals surface area (Å²) in [5.74, 6) is -4.43. The van der Waals surface area contributed by atoms with Crippen LogP contribution in [0.15, 0.2) is 46.0 Å². The molecule has 16 heteroatoms. The molecule has 42 heavy (non-hydrogen) atoms. The van der Waals surface area contributed by atoms with Gasteiger partial charge in [-0.05, 0) is 25.1 Å². The summed E-state index contributed by atoms with van der Waals surface area (Å²) in [5.41, 5.74) is -2.29. The summed E-state index contributed by atoms with van der Waals surface area (Å²) in [6.07, 6.45) is -3.68. The van der Waals surface area contributed by atoms with Crippen LogP contribution in [-0.2, 0) is 14.3 Å². The molecule has 2 fully saturated rings. The van der Waals surface area contributed by atoms with E-state index >= 15 is 4.39 Å². The SMILES string of the molecule is CCOC(=O)C1=C(CN2CCC3(F)C(=O)N(c4ccc(OC(F)(F)F)c(C(=O)O)c4)CC3C2)NC(c2nccs2)=NC1. The molecule has 0 radical (unpaired) electrons. The maximum absolute atomic E-state index is 16.1. The summed E-state index contributed by atoms with van der Waals surface area (Å²) in [6.45, 7) is 2.26. The zero-order valence-corrected chi connectivity index (χ0v) is 22.9. The van der Waals surface area contributed by atoms with E-state index in [1.54, 1.807) is 18.5 Å². The van der Waals surface area contributed by atoms with Gasteiger partial charge in [0.1, 0.15) is 11.3 Å². The number of amides is 1. The van der Waals surface area contributed by atoms with Crippen molar-refractivity contribution in [3.05, 3.63) is 51.6 Å². The number of aromatic nitrogens is 1. The van der Waals surface area contributed by atoms with Crippen LogP contribution in [0.4, 0.5) is 23.2 Å². The van der Waals surface area contributed by atoms with Gasteiger partial charge in [0.2, 0.25) is 0 Å². The van der Waals surface area contributed by atoms with Crippen molar-refractivity contribution in [1.82, 2.24) is 15.2 Å². The van der Waals surface area contributed by atoms with Gasteiger partial charge in [0.15, 0.2) is 16.5 Å². The van der Waals surface area contributed by atoms with Crippen molar-refractivity contribution in [2.45, 2.75) is 25.4 Å². The van der Waals surface area contributed by atoms with E-state index in [0.717, 1.165) is 23.1 Å². The smallest absolute Gasteiger partial charge is 0.478 e. The van der Waals surface area contributed by atoms with Gasteiger partial charge in [-0.25, -0.2) is 19.0 Å². The number of nitrogens with one attached hydrogen (secondary N) is 1. The number of alkyl halides is 4. The van der Waals surface area contributed by atoms with Gasteiger partial charge in [-0.3, -0.25) is 14.7 Å². The number of anilines is 1. The number of carboxylic acid groups (broad SMARTS) is 1.